The van der Waals surface area contributed by atoms with Crippen LogP contribution in [0.5, 0.6) is 0 Å². The molecule has 0 bridgehead atoms. The van der Waals surface area contributed by atoms with Gasteiger partial charge in [0, 0.05) is 45.7 Å². The average molecular weight is 320 g/mol. The highest BCUT2D eigenvalue weighted by Crippen LogP contribution is 2.11. The Bertz CT molecular complexity index is 504. The van der Waals surface area contributed by atoms with Crippen LogP contribution in [0.1, 0.15) is 50.5 Å². The van der Waals surface area contributed by atoms with E-state index in [0.717, 1.165) is 38.8 Å². The molecule has 0 radical (unpaired) electrons. The van der Waals surface area contributed by atoms with Gasteiger partial charge in [0.05, 0.1) is 6.20 Å². The van der Waals surface area contributed by atoms with Crippen LogP contribution in [0.3, 0.4) is 0 Å². The molecule has 1 aliphatic rings. The molecule has 1 aromatic heterocycles. The molecule has 0 unspecified atom stereocenters. The van der Waals surface area contributed by atoms with Gasteiger partial charge in [-0.2, -0.15) is 5.10 Å². The molecule has 0 atom stereocenters. The first-order valence-corrected chi connectivity index (χ1v) is 8.67. The zero-order valence-electron chi connectivity index (χ0n) is 14.1. The second-order valence-electron chi connectivity index (χ2n) is 6.27. The van der Waals surface area contributed by atoms with E-state index in [-0.39, 0.29) is 11.8 Å². The number of amides is 2. The fraction of sp³-hybridized carbons (Fsp3) is 0.706. The molecule has 2 amide bonds. The minimum absolute atomic E-state index is 0.0284. The molecule has 2 rings (SSSR count). The van der Waals surface area contributed by atoms with Crippen molar-refractivity contribution < 1.29 is 9.59 Å². The maximum absolute atomic E-state index is 12.1. The number of hydrogen-bond acceptors (Lipinski definition) is 3. The summed E-state index contributed by atoms with van der Waals surface area (Å²) in [7, 11) is 1.90. The van der Waals surface area contributed by atoms with Gasteiger partial charge in [0.25, 0.3) is 0 Å². The summed E-state index contributed by atoms with van der Waals surface area (Å²) in [6.07, 6.45) is 10.8. The maximum Gasteiger partial charge on any atom is 0.223 e. The first-order chi connectivity index (χ1) is 11.1. The topological polar surface area (TPSA) is 67.2 Å². The zero-order valence-corrected chi connectivity index (χ0v) is 14.1. The Labute approximate surface area is 138 Å². The third-order valence-electron chi connectivity index (χ3n) is 4.25. The van der Waals surface area contributed by atoms with E-state index in [1.54, 1.807) is 4.68 Å². The van der Waals surface area contributed by atoms with Gasteiger partial charge in [0.2, 0.25) is 11.8 Å². The molecule has 0 spiro atoms. The van der Waals surface area contributed by atoms with Crippen LogP contribution >= 0.6 is 0 Å². The van der Waals surface area contributed by atoms with Crippen LogP contribution in [0.25, 0.3) is 0 Å². The van der Waals surface area contributed by atoms with Crippen molar-refractivity contribution >= 4 is 11.8 Å². The first kappa shape index (κ1) is 17.5. The summed E-state index contributed by atoms with van der Waals surface area (Å²) in [5.41, 5.74) is 1.18. The Hall–Kier alpha value is -1.85. The number of rotatable bonds is 7. The molecule has 1 N–H and O–H groups in total. The molecule has 1 aromatic rings. The summed E-state index contributed by atoms with van der Waals surface area (Å²) < 4.78 is 1.78. The lowest BCUT2D eigenvalue weighted by Gasteiger charge is -2.20. The fourth-order valence-corrected chi connectivity index (χ4v) is 2.91. The molecule has 23 heavy (non-hydrogen) atoms. The van der Waals surface area contributed by atoms with Crippen molar-refractivity contribution in [3.8, 4) is 0 Å². The molecule has 6 nitrogen and oxygen atoms in total. The molecule has 128 valence electrons. The van der Waals surface area contributed by atoms with Crippen LogP contribution in [0, 0.1) is 0 Å². The molecule has 1 fully saturated rings. The van der Waals surface area contributed by atoms with Crippen LogP contribution in [0.2, 0.25) is 0 Å². The van der Waals surface area contributed by atoms with Crippen LogP contribution < -0.4 is 5.32 Å². The minimum Gasteiger partial charge on any atom is -0.356 e. The van der Waals surface area contributed by atoms with Crippen molar-refractivity contribution in [1.29, 1.82) is 0 Å². The van der Waals surface area contributed by atoms with Gasteiger partial charge >= 0.3 is 0 Å². The summed E-state index contributed by atoms with van der Waals surface area (Å²) in [6, 6.07) is 0. The van der Waals surface area contributed by atoms with E-state index in [9.17, 15) is 9.59 Å². The average Bonchev–Trinajstić information content (AvgIpc) is 2.78. The lowest BCUT2D eigenvalue weighted by molar-refractivity contribution is -0.133. The predicted molar refractivity (Wildman–Crippen MR) is 88.8 cm³/mol. The molecule has 0 saturated carbocycles. The second-order valence-corrected chi connectivity index (χ2v) is 6.27. The third kappa shape index (κ3) is 6.42. The van der Waals surface area contributed by atoms with Gasteiger partial charge in [-0.05, 0) is 31.2 Å². The highest BCUT2D eigenvalue weighted by molar-refractivity contribution is 5.83. The number of nitrogens with zero attached hydrogens (tertiary/aromatic N) is 3. The molecular formula is C17H28N4O2. The largest absolute Gasteiger partial charge is 0.356 e. The van der Waals surface area contributed by atoms with Crippen molar-refractivity contribution in [2.24, 2.45) is 7.05 Å². The van der Waals surface area contributed by atoms with Gasteiger partial charge in [-0.3, -0.25) is 14.3 Å². The van der Waals surface area contributed by atoms with E-state index in [0.29, 0.717) is 19.4 Å². The Morgan fingerprint density at radius 1 is 1.17 bits per heavy atom. The lowest BCUT2D eigenvalue weighted by atomic mass is 10.2. The highest BCUT2D eigenvalue weighted by atomic mass is 16.2. The zero-order chi connectivity index (χ0) is 16.5. The number of likely N-dealkylation sites (tertiary alicyclic amines) is 1. The smallest absolute Gasteiger partial charge is 0.223 e. The van der Waals surface area contributed by atoms with Crippen molar-refractivity contribution in [3.63, 3.8) is 0 Å². The lowest BCUT2D eigenvalue weighted by Crippen LogP contribution is -2.33. The number of aryl methyl sites for hydroxylation is 2. The molecule has 1 saturated heterocycles. The Morgan fingerprint density at radius 2 is 1.91 bits per heavy atom. The van der Waals surface area contributed by atoms with Crippen molar-refractivity contribution in [1.82, 2.24) is 20.0 Å². The second kappa shape index (κ2) is 9.33. The predicted octanol–water partition coefficient (Wildman–Crippen LogP) is 1.65. The van der Waals surface area contributed by atoms with E-state index in [1.165, 1.54) is 18.4 Å². The monoisotopic (exact) mass is 320 g/mol. The molecule has 6 heteroatoms. The van der Waals surface area contributed by atoms with Crippen LogP contribution in [-0.2, 0) is 23.1 Å². The van der Waals surface area contributed by atoms with Crippen molar-refractivity contribution in [3.05, 3.63) is 18.0 Å². The van der Waals surface area contributed by atoms with Crippen molar-refractivity contribution in [2.75, 3.05) is 19.6 Å². The third-order valence-corrected chi connectivity index (χ3v) is 4.25. The van der Waals surface area contributed by atoms with E-state index < -0.39 is 0 Å². The maximum atomic E-state index is 12.1. The Morgan fingerprint density at radius 3 is 2.57 bits per heavy atom. The van der Waals surface area contributed by atoms with Gasteiger partial charge in [0.15, 0.2) is 0 Å². The number of carbonyl (C=O) groups is 2. The number of nitrogens with one attached hydrogen (secondary N) is 1. The summed E-state index contributed by atoms with van der Waals surface area (Å²) in [4.78, 5) is 25.8. The first-order valence-electron chi connectivity index (χ1n) is 8.67. The highest BCUT2D eigenvalue weighted by Gasteiger charge is 2.16. The van der Waals surface area contributed by atoms with Gasteiger partial charge in [-0.1, -0.05) is 12.8 Å². The van der Waals surface area contributed by atoms with E-state index >= 15 is 0 Å². The standard InChI is InChI=1S/C17H28N4O2/c1-20-14-15(13-19-20)7-6-10-18-16(22)8-9-17(23)21-11-4-2-3-5-12-21/h13-14H,2-12H2,1H3,(H,18,22). The summed E-state index contributed by atoms with van der Waals surface area (Å²) in [5, 5.41) is 7.01. The SMILES string of the molecule is Cn1cc(CCCNC(=O)CCC(=O)N2CCCCCC2)cn1. The van der Waals surface area contributed by atoms with E-state index in [4.69, 9.17) is 0 Å². The summed E-state index contributed by atoms with van der Waals surface area (Å²) in [5.74, 6) is 0.0942. The summed E-state index contributed by atoms with van der Waals surface area (Å²) >= 11 is 0. The minimum atomic E-state index is -0.0284. The van der Waals surface area contributed by atoms with E-state index in [2.05, 4.69) is 10.4 Å². The fourth-order valence-electron chi connectivity index (χ4n) is 2.91. The van der Waals surface area contributed by atoms with Gasteiger partial charge < -0.3 is 10.2 Å². The quantitative estimate of drug-likeness (QED) is 0.777. The van der Waals surface area contributed by atoms with Gasteiger partial charge in [-0.25, -0.2) is 0 Å². The molecule has 0 aliphatic carbocycles. The Kier molecular flexibility index (Phi) is 7.10. The Balaban J connectivity index is 1.56. The molecule has 0 aromatic carbocycles. The van der Waals surface area contributed by atoms with Gasteiger partial charge in [-0.15, -0.1) is 0 Å². The molecule has 1 aliphatic heterocycles. The normalized spacial score (nSPS) is 15.3. The number of hydrogen-bond donors (Lipinski definition) is 1. The molecule has 2 heterocycles. The van der Waals surface area contributed by atoms with Crippen LogP contribution in [0.4, 0.5) is 0 Å². The van der Waals surface area contributed by atoms with Crippen LogP contribution in [-0.4, -0.2) is 46.1 Å². The van der Waals surface area contributed by atoms with Gasteiger partial charge in [0.1, 0.15) is 0 Å². The van der Waals surface area contributed by atoms with Crippen molar-refractivity contribution in [2.45, 2.75) is 51.4 Å². The summed E-state index contributed by atoms with van der Waals surface area (Å²) in [6.45, 7) is 2.35. The molecular weight excluding hydrogens is 292 g/mol. The van der Waals surface area contributed by atoms with E-state index in [1.807, 2.05) is 24.3 Å². The number of aromatic nitrogens is 2. The van der Waals surface area contributed by atoms with Crippen LogP contribution in [0.15, 0.2) is 12.4 Å². The number of carbonyl (C=O) groups excluding carboxylic acids is 2.